The molecule has 0 heterocycles. The number of aliphatic hydroxyl groups excluding tert-OH is 1. The summed E-state index contributed by atoms with van der Waals surface area (Å²) in [5.41, 5.74) is 4.47. The quantitative estimate of drug-likeness (QED) is 0.281. The van der Waals surface area contributed by atoms with Gasteiger partial charge < -0.3 is 10.2 Å². The van der Waals surface area contributed by atoms with Gasteiger partial charge in [-0.05, 0) is 152 Å². The topological polar surface area (TPSA) is 74.6 Å². The lowest BCUT2D eigenvalue weighted by molar-refractivity contribution is -0.224. The third-order valence-electron chi connectivity index (χ3n) is 15.8. The van der Waals surface area contributed by atoms with Gasteiger partial charge in [-0.25, -0.2) is 4.79 Å². The van der Waals surface area contributed by atoms with Crippen LogP contribution in [0.4, 0.5) is 0 Å². The molecule has 0 aliphatic heterocycles. The summed E-state index contributed by atoms with van der Waals surface area (Å²) < 4.78 is 0. The number of carboxylic acid groups (broad SMARTS) is 1. The van der Waals surface area contributed by atoms with Crippen molar-refractivity contribution in [2.75, 3.05) is 0 Å². The molecule has 4 fully saturated rings. The predicted octanol–water partition coefficient (Wildman–Crippen LogP) is 10.2. The van der Waals surface area contributed by atoms with Crippen LogP contribution in [0.5, 0.6) is 0 Å². The fourth-order valence-corrected chi connectivity index (χ4v) is 13.3. The highest BCUT2D eigenvalue weighted by Crippen LogP contribution is 2.78. The number of carbonyl (C=O) groups excluding carboxylic acids is 1. The summed E-state index contributed by atoms with van der Waals surface area (Å²) in [5, 5.41) is 19.8. The minimum atomic E-state index is -0.876. The Hall–Kier alpha value is -2.20. The molecule has 2 N–H and O–H groups in total. The average molecular weight is 629 g/mol. The maximum atomic E-state index is 14.3. The first-order valence-electron chi connectivity index (χ1n) is 18.5. The predicted molar refractivity (Wildman–Crippen MR) is 186 cm³/mol. The smallest absolute Gasteiger partial charge is 0.335 e. The molecule has 4 saturated carbocycles. The Morgan fingerprint density at radius 2 is 1.61 bits per heavy atom. The Morgan fingerprint density at radius 1 is 0.913 bits per heavy atom. The monoisotopic (exact) mass is 628 g/mol. The Labute approximate surface area is 278 Å². The number of carboxylic acids is 1. The molecular weight excluding hydrogens is 568 g/mol. The maximum absolute atomic E-state index is 14.3. The van der Waals surface area contributed by atoms with E-state index >= 15 is 0 Å². The molecule has 0 amide bonds. The highest BCUT2D eigenvalue weighted by atomic mass is 16.4. The third kappa shape index (κ3) is 4.69. The van der Waals surface area contributed by atoms with Crippen LogP contribution in [0.3, 0.4) is 0 Å². The van der Waals surface area contributed by atoms with Crippen molar-refractivity contribution in [3.05, 3.63) is 53.6 Å². The van der Waals surface area contributed by atoms with Gasteiger partial charge in [0.05, 0.1) is 11.7 Å². The summed E-state index contributed by atoms with van der Waals surface area (Å²) in [5.74, 6) is 2.06. The van der Waals surface area contributed by atoms with Gasteiger partial charge in [-0.2, -0.15) is 0 Å². The third-order valence-corrected chi connectivity index (χ3v) is 15.8. The number of ketones is 1. The van der Waals surface area contributed by atoms with E-state index in [0.29, 0.717) is 60.2 Å². The van der Waals surface area contributed by atoms with E-state index in [0.717, 1.165) is 37.7 Å². The standard InChI is InChI=1S/C42H60O4/c1-9-29(43)14-17-35(44)42-23-18-30(26(2)3)36(42)32-15-16-34-39(6)21-19-31(27-10-12-28(13-11-27)37(45)46)38(4,5)33(39)20-22-41(34,8)40(32,7)24-25-42/h10-13,19,29-30,32-34,36,43H,2,9,14-18,20-25H2,1,3-8H3,(H,45,46)/t29?,30-,32+,33-,34+,36+,39-,40+,41+,42+/m0/s1. The number of rotatable bonds is 8. The molecule has 6 rings (SSSR count). The molecule has 1 unspecified atom stereocenters. The van der Waals surface area contributed by atoms with E-state index in [4.69, 9.17) is 0 Å². The second-order valence-electron chi connectivity index (χ2n) is 17.8. The van der Waals surface area contributed by atoms with Crippen molar-refractivity contribution in [1.29, 1.82) is 0 Å². The fraction of sp³-hybridized carbons (Fsp3) is 0.714. The van der Waals surface area contributed by atoms with Gasteiger partial charge in [0.25, 0.3) is 0 Å². The van der Waals surface area contributed by atoms with Crippen LogP contribution < -0.4 is 0 Å². The number of fused-ring (bicyclic) bond motifs is 7. The van der Waals surface area contributed by atoms with Crippen LogP contribution in [0.1, 0.15) is 141 Å². The summed E-state index contributed by atoms with van der Waals surface area (Å²) in [4.78, 5) is 25.8. The van der Waals surface area contributed by atoms with E-state index in [1.54, 1.807) is 12.1 Å². The number of Topliss-reactive ketones (excluding diaryl/α,β-unsaturated/α-hetero) is 1. The molecule has 0 saturated heterocycles. The number of carbonyl (C=O) groups is 2. The summed E-state index contributed by atoms with van der Waals surface area (Å²) in [6, 6.07) is 7.53. The molecule has 10 atom stereocenters. The molecule has 5 aliphatic carbocycles. The number of benzene rings is 1. The van der Waals surface area contributed by atoms with Gasteiger partial charge >= 0.3 is 5.97 Å². The molecular formula is C42H60O4. The first kappa shape index (κ1) is 33.7. The summed E-state index contributed by atoms with van der Waals surface area (Å²) in [6.45, 7) is 21.5. The van der Waals surface area contributed by atoms with Gasteiger partial charge in [0.1, 0.15) is 5.78 Å². The number of hydrogen-bond donors (Lipinski definition) is 2. The van der Waals surface area contributed by atoms with Crippen LogP contribution in [-0.4, -0.2) is 28.1 Å². The van der Waals surface area contributed by atoms with Gasteiger partial charge in [-0.3, -0.25) is 4.79 Å². The van der Waals surface area contributed by atoms with Gasteiger partial charge in [0.2, 0.25) is 0 Å². The van der Waals surface area contributed by atoms with Crippen molar-refractivity contribution in [3.63, 3.8) is 0 Å². The van der Waals surface area contributed by atoms with Crippen molar-refractivity contribution >= 4 is 17.3 Å². The lowest BCUT2D eigenvalue weighted by Gasteiger charge is -2.72. The van der Waals surface area contributed by atoms with Crippen LogP contribution >= 0.6 is 0 Å². The lowest BCUT2D eigenvalue weighted by atomic mass is 9.32. The van der Waals surface area contributed by atoms with Crippen molar-refractivity contribution in [3.8, 4) is 0 Å². The molecule has 4 heteroatoms. The van der Waals surface area contributed by atoms with E-state index in [1.807, 2.05) is 19.1 Å². The number of aromatic carboxylic acids is 1. The molecule has 0 aromatic heterocycles. The summed E-state index contributed by atoms with van der Waals surface area (Å²) in [6.07, 6.45) is 14.1. The Kier molecular flexibility index (Phi) is 8.39. The lowest BCUT2D eigenvalue weighted by Crippen LogP contribution is -2.65. The van der Waals surface area contributed by atoms with Gasteiger partial charge in [0.15, 0.2) is 0 Å². The van der Waals surface area contributed by atoms with E-state index in [9.17, 15) is 19.8 Å². The highest BCUT2D eigenvalue weighted by Gasteiger charge is 2.71. The summed E-state index contributed by atoms with van der Waals surface area (Å²) in [7, 11) is 0. The van der Waals surface area contributed by atoms with Crippen molar-refractivity contribution in [1.82, 2.24) is 0 Å². The molecule has 0 spiro atoms. The fourth-order valence-electron chi connectivity index (χ4n) is 13.3. The second-order valence-corrected chi connectivity index (χ2v) is 17.8. The molecule has 5 aliphatic rings. The zero-order valence-electron chi connectivity index (χ0n) is 29.8. The van der Waals surface area contributed by atoms with Crippen LogP contribution in [0.15, 0.2) is 42.5 Å². The van der Waals surface area contributed by atoms with Gasteiger partial charge in [-0.1, -0.05) is 71.9 Å². The molecule has 46 heavy (non-hydrogen) atoms. The van der Waals surface area contributed by atoms with Gasteiger partial charge in [-0.15, -0.1) is 0 Å². The zero-order valence-corrected chi connectivity index (χ0v) is 29.8. The van der Waals surface area contributed by atoms with Crippen molar-refractivity contribution in [2.45, 2.75) is 132 Å². The maximum Gasteiger partial charge on any atom is 0.335 e. The molecule has 0 radical (unpaired) electrons. The first-order chi connectivity index (χ1) is 21.6. The van der Waals surface area contributed by atoms with Crippen molar-refractivity contribution < 1.29 is 19.8 Å². The van der Waals surface area contributed by atoms with Crippen LogP contribution in [0, 0.1) is 56.7 Å². The van der Waals surface area contributed by atoms with Crippen molar-refractivity contribution in [2.24, 2.45) is 56.7 Å². The normalized spacial score (nSPS) is 41.7. The number of aliphatic hydroxyl groups is 1. The Balaban J connectivity index is 1.33. The molecule has 4 nitrogen and oxygen atoms in total. The second kappa shape index (κ2) is 11.5. The van der Waals surface area contributed by atoms with E-state index in [1.165, 1.54) is 36.8 Å². The molecule has 252 valence electrons. The van der Waals surface area contributed by atoms with Gasteiger partial charge in [0, 0.05) is 11.8 Å². The average Bonchev–Trinajstić information content (AvgIpc) is 3.41. The largest absolute Gasteiger partial charge is 0.478 e. The molecule has 1 aromatic rings. The van der Waals surface area contributed by atoms with Crippen LogP contribution in [0.25, 0.3) is 5.57 Å². The van der Waals surface area contributed by atoms with E-state index < -0.39 is 5.97 Å². The Bertz CT molecular complexity index is 1420. The molecule has 1 aromatic carbocycles. The zero-order chi connectivity index (χ0) is 33.4. The van der Waals surface area contributed by atoms with E-state index in [-0.39, 0.29) is 33.2 Å². The van der Waals surface area contributed by atoms with Crippen LogP contribution in [0.2, 0.25) is 0 Å². The highest BCUT2D eigenvalue weighted by molar-refractivity contribution is 5.88. The van der Waals surface area contributed by atoms with Crippen LogP contribution in [-0.2, 0) is 4.79 Å². The minimum Gasteiger partial charge on any atom is -0.478 e. The first-order valence-corrected chi connectivity index (χ1v) is 18.5. The SMILES string of the molecule is C=C(C)[C@@H]1CC[C@]2(C(=O)CCC(O)CC)CC[C@]3(C)[C@H](CC[C@@H]4[C@@]5(C)CC=C(c6ccc(C(=O)O)cc6)C(C)(C)[C@@H]5CC[C@]43C)[C@@H]12. The summed E-state index contributed by atoms with van der Waals surface area (Å²) >= 11 is 0. The van der Waals surface area contributed by atoms with E-state index in [2.05, 4.69) is 54.2 Å². The molecule has 0 bridgehead atoms. The number of hydrogen-bond acceptors (Lipinski definition) is 3. The minimum absolute atomic E-state index is 0.00941. The Morgan fingerprint density at radius 3 is 2.24 bits per heavy atom. The number of allylic oxidation sites excluding steroid dienone is 3.